The highest BCUT2D eigenvalue weighted by Crippen LogP contribution is 2.27. The number of hydrogen-bond donors (Lipinski definition) is 1. The second-order valence-corrected chi connectivity index (χ2v) is 5.05. The van der Waals surface area contributed by atoms with Crippen LogP contribution in [0.1, 0.15) is 29.3 Å². The van der Waals surface area contributed by atoms with Gasteiger partial charge in [-0.3, -0.25) is 4.79 Å². The number of benzene rings is 2. The zero-order valence-electron chi connectivity index (χ0n) is 12.6. The molecule has 1 aromatic heterocycles. The van der Waals surface area contributed by atoms with Crippen LogP contribution in [0.25, 0.3) is 11.3 Å². The molecule has 0 saturated heterocycles. The van der Waals surface area contributed by atoms with E-state index in [1.165, 1.54) is 0 Å². The van der Waals surface area contributed by atoms with E-state index in [0.29, 0.717) is 23.0 Å². The van der Waals surface area contributed by atoms with Gasteiger partial charge in [0.2, 0.25) is 5.89 Å². The van der Waals surface area contributed by atoms with E-state index in [4.69, 9.17) is 14.9 Å². The first-order valence-electron chi connectivity index (χ1n) is 7.22. The Morgan fingerprint density at radius 2 is 1.83 bits per heavy atom. The maximum absolute atomic E-state index is 11.4. The van der Waals surface area contributed by atoms with E-state index in [9.17, 15) is 4.79 Å². The van der Waals surface area contributed by atoms with E-state index in [2.05, 4.69) is 4.98 Å². The summed E-state index contributed by atoms with van der Waals surface area (Å²) in [7, 11) is 0. The predicted molar refractivity (Wildman–Crippen MR) is 85.9 cm³/mol. The number of primary amides is 1. The summed E-state index contributed by atoms with van der Waals surface area (Å²) in [6.07, 6.45) is 1.21. The van der Waals surface area contributed by atoms with Crippen molar-refractivity contribution >= 4 is 5.91 Å². The quantitative estimate of drug-likeness (QED) is 0.781. The number of para-hydroxylation sites is 1. The number of ether oxygens (including phenoxy) is 1. The highest BCUT2D eigenvalue weighted by Gasteiger charge is 2.17. The molecule has 5 heteroatoms. The summed E-state index contributed by atoms with van der Waals surface area (Å²) in [5.74, 6) is 0.972. The minimum atomic E-state index is -0.537. The molecule has 116 valence electrons. The van der Waals surface area contributed by atoms with E-state index in [-0.39, 0.29) is 0 Å². The van der Waals surface area contributed by atoms with Crippen LogP contribution >= 0.6 is 0 Å². The Kier molecular flexibility index (Phi) is 4.10. The van der Waals surface area contributed by atoms with Crippen molar-refractivity contribution in [2.45, 2.75) is 13.0 Å². The molecular formula is C18H16N2O3. The number of nitrogens with two attached hydrogens (primary N) is 1. The van der Waals surface area contributed by atoms with Gasteiger partial charge in [0.25, 0.3) is 5.91 Å². The molecule has 2 N–H and O–H groups in total. The number of aromatic nitrogens is 1. The van der Waals surface area contributed by atoms with Crippen LogP contribution in [0, 0.1) is 0 Å². The summed E-state index contributed by atoms with van der Waals surface area (Å²) in [6.45, 7) is 1.80. The van der Waals surface area contributed by atoms with E-state index in [1.807, 2.05) is 30.3 Å². The summed E-state index contributed by atoms with van der Waals surface area (Å²) < 4.78 is 11.5. The zero-order chi connectivity index (χ0) is 16.2. The largest absolute Gasteiger partial charge is 0.480 e. The first-order valence-corrected chi connectivity index (χ1v) is 7.22. The third kappa shape index (κ3) is 3.23. The molecule has 1 unspecified atom stereocenters. The smallest absolute Gasteiger partial charge is 0.252 e. The minimum Gasteiger partial charge on any atom is -0.480 e. The lowest BCUT2D eigenvalue weighted by atomic mass is 10.2. The number of carbonyl (C=O) groups excluding carboxylic acids is 1. The topological polar surface area (TPSA) is 78.4 Å². The summed E-state index contributed by atoms with van der Waals surface area (Å²) >= 11 is 0. The van der Waals surface area contributed by atoms with Gasteiger partial charge in [-0.25, -0.2) is 4.98 Å². The number of amides is 1. The summed E-state index contributed by atoms with van der Waals surface area (Å²) in [5.41, 5.74) is 6.62. The summed E-state index contributed by atoms with van der Waals surface area (Å²) in [6, 6.07) is 16.5. The van der Waals surface area contributed by atoms with Gasteiger partial charge in [-0.15, -0.1) is 0 Å². The van der Waals surface area contributed by atoms with E-state index in [1.54, 1.807) is 37.4 Å². The van der Waals surface area contributed by atoms with Crippen LogP contribution < -0.4 is 10.5 Å². The van der Waals surface area contributed by atoms with Crippen LogP contribution in [-0.4, -0.2) is 10.9 Å². The fourth-order valence-electron chi connectivity index (χ4n) is 2.23. The van der Waals surface area contributed by atoms with Crippen LogP contribution in [0.5, 0.6) is 5.75 Å². The van der Waals surface area contributed by atoms with Gasteiger partial charge >= 0.3 is 0 Å². The molecule has 23 heavy (non-hydrogen) atoms. The number of oxazole rings is 1. The average molecular weight is 308 g/mol. The van der Waals surface area contributed by atoms with Crippen molar-refractivity contribution in [2.24, 2.45) is 5.73 Å². The molecule has 0 fully saturated rings. The fourth-order valence-corrected chi connectivity index (χ4v) is 2.23. The van der Waals surface area contributed by atoms with Crippen LogP contribution in [0.2, 0.25) is 0 Å². The normalized spacial score (nSPS) is 11.9. The first-order chi connectivity index (χ1) is 11.1. The molecule has 1 amide bonds. The Labute approximate surface area is 133 Å². The number of nitrogens with zero attached hydrogens (tertiary/aromatic N) is 1. The van der Waals surface area contributed by atoms with Gasteiger partial charge in [0.05, 0.1) is 11.8 Å². The van der Waals surface area contributed by atoms with Crippen molar-refractivity contribution in [2.75, 3.05) is 0 Å². The lowest BCUT2D eigenvalue weighted by molar-refractivity contribution is 0.0991. The average Bonchev–Trinajstić information content (AvgIpc) is 3.06. The summed E-state index contributed by atoms with van der Waals surface area (Å²) in [5, 5.41) is 0. The Hall–Kier alpha value is -3.08. The van der Waals surface area contributed by atoms with Gasteiger partial charge in [-0.05, 0) is 19.1 Å². The summed E-state index contributed by atoms with van der Waals surface area (Å²) in [4.78, 5) is 15.7. The molecule has 0 aliphatic heterocycles. The SMILES string of the molecule is CC(Oc1ccccc1C(N)=O)c1ncc(-c2ccccc2)o1. The number of hydrogen-bond acceptors (Lipinski definition) is 4. The number of carbonyl (C=O) groups is 1. The predicted octanol–water partition coefficient (Wildman–Crippen LogP) is 3.58. The molecule has 0 aliphatic carbocycles. The molecule has 3 rings (SSSR count). The van der Waals surface area contributed by atoms with Gasteiger partial charge in [0.15, 0.2) is 11.9 Å². The molecule has 3 aromatic rings. The van der Waals surface area contributed by atoms with E-state index in [0.717, 1.165) is 5.56 Å². The minimum absolute atomic E-state index is 0.328. The number of rotatable bonds is 5. The highest BCUT2D eigenvalue weighted by atomic mass is 16.5. The second-order valence-electron chi connectivity index (χ2n) is 5.05. The van der Waals surface area contributed by atoms with Crippen molar-refractivity contribution in [1.82, 2.24) is 4.98 Å². The lowest BCUT2D eigenvalue weighted by Gasteiger charge is -2.13. The Bertz CT molecular complexity index is 812. The Balaban J connectivity index is 1.81. The standard InChI is InChI=1S/C18H16N2O3/c1-12(22-15-10-6-5-9-14(15)17(19)21)18-20-11-16(23-18)13-7-3-2-4-8-13/h2-12H,1H3,(H2,19,21). The molecule has 1 heterocycles. The van der Waals surface area contributed by atoms with Gasteiger partial charge in [0, 0.05) is 5.56 Å². The zero-order valence-corrected chi connectivity index (χ0v) is 12.6. The maximum atomic E-state index is 11.4. The first kappa shape index (κ1) is 14.8. The molecule has 0 bridgehead atoms. The van der Waals surface area contributed by atoms with Crippen LogP contribution in [0.15, 0.2) is 65.2 Å². The van der Waals surface area contributed by atoms with Gasteiger partial charge in [-0.2, -0.15) is 0 Å². The van der Waals surface area contributed by atoms with Gasteiger partial charge in [0.1, 0.15) is 5.75 Å². The second kappa shape index (κ2) is 6.36. The highest BCUT2D eigenvalue weighted by molar-refractivity contribution is 5.95. The van der Waals surface area contributed by atoms with Crippen molar-refractivity contribution in [3.63, 3.8) is 0 Å². The van der Waals surface area contributed by atoms with E-state index < -0.39 is 12.0 Å². The Morgan fingerprint density at radius 3 is 2.57 bits per heavy atom. The van der Waals surface area contributed by atoms with E-state index >= 15 is 0 Å². The van der Waals surface area contributed by atoms with Gasteiger partial charge < -0.3 is 14.9 Å². The third-order valence-electron chi connectivity index (χ3n) is 3.39. The van der Waals surface area contributed by atoms with Crippen LogP contribution in [0.4, 0.5) is 0 Å². The van der Waals surface area contributed by atoms with Crippen molar-refractivity contribution < 1.29 is 13.9 Å². The molecular weight excluding hydrogens is 292 g/mol. The molecule has 2 aromatic carbocycles. The van der Waals surface area contributed by atoms with Crippen molar-refractivity contribution in [1.29, 1.82) is 0 Å². The monoisotopic (exact) mass is 308 g/mol. The Morgan fingerprint density at radius 1 is 1.13 bits per heavy atom. The molecule has 0 radical (unpaired) electrons. The fraction of sp³-hybridized carbons (Fsp3) is 0.111. The lowest BCUT2D eigenvalue weighted by Crippen LogP contribution is -2.14. The van der Waals surface area contributed by atoms with Crippen molar-refractivity contribution in [3.8, 4) is 17.1 Å². The molecule has 0 aliphatic rings. The molecule has 0 spiro atoms. The third-order valence-corrected chi connectivity index (χ3v) is 3.39. The maximum Gasteiger partial charge on any atom is 0.252 e. The van der Waals surface area contributed by atoms with Crippen LogP contribution in [0.3, 0.4) is 0 Å². The van der Waals surface area contributed by atoms with Gasteiger partial charge in [-0.1, -0.05) is 42.5 Å². The molecule has 1 atom stereocenters. The molecule has 0 saturated carbocycles. The van der Waals surface area contributed by atoms with Crippen LogP contribution in [-0.2, 0) is 0 Å². The molecule has 5 nitrogen and oxygen atoms in total. The van der Waals surface area contributed by atoms with Crippen molar-refractivity contribution in [3.05, 3.63) is 72.2 Å².